The number of hydrogen-bond donors (Lipinski definition) is 2. The number of carbonyl (C=O) groups excluding carboxylic acids is 1. The van der Waals surface area contributed by atoms with Gasteiger partial charge in [-0.2, -0.15) is 0 Å². The van der Waals surface area contributed by atoms with E-state index in [1.54, 1.807) is 5.38 Å². The minimum absolute atomic E-state index is 0.0876. The number of anilines is 2. The Balaban J connectivity index is 1.63. The molecule has 2 aromatic rings. The van der Waals surface area contributed by atoms with E-state index >= 15 is 0 Å². The summed E-state index contributed by atoms with van der Waals surface area (Å²) in [7, 11) is 0. The number of nitrogens with one attached hydrogen (secondary N) is 2. The molecular weight excluding hydrogens is 318 g/mol. The van der Waals surface area contributed by atoms with Crippen molar-refractivity contribution in [3.05, 3.63) is 40.4 Å². The van der Waals surface area contributed by atoms with Gasteiger partial charge in [0.15, 0.2) is 5.13 Å². The number of para-hydroxylation sites is 1. The highest BCUT2D eigenvalue weighted by Crippen LogP contribution is 2.27. The highest BCUT2D eigenvalue weighted by Gasteiger charge is 2.18. The molecule has 0 radical (unpaired) electrons. The number of benzene rings is 1. The average molecular weight is 336 g/mol. The second-order valence-corrected chi connectivity index (χ2v) is 6.72. The molecule has 6 heteroatoms. The van der Waals surface area contributed by atoms with Crippen molar-refractivity contribution in [3.63, 3.8) is 0 Å². The Hall–Kier alpha value is -1.59. The fourth-order valence-electron chi connectivity index (χ4n) is 2.62. The first-order chi connectivity index (χ1) is 10.7. The molecule has 0 atom stereocenters. The van der Waals surface area contributed by atoms with Crippen molar-refractivity contribution < 1.29 is 4.79 Å². The Kier molecular flexibility index (Phi) is 4.95. The van der Waals surface area contributed by atoms with Gasteiger partial charge in [-0.1, -0.05) is 43.0 Å². The van der Waals surface area contributed by atoms with Gasteiger partial charge >= 0.3 is 0 Å². The first-order valence-corrected chi connectivity index (χ1v) is 8.76. The SMILES string of the molecule is O=C(NC1CCCCC1)c1csc(Nc2ccccc2Cl)n1. The minimum atomic E-state index is -0.0876. The monoisotopic (exact) mass is 335 g/mol. The van der Waals surface area contributed by atoms with E-state index in [-0.39, 0.29) is 5.91 Å². The average Bonchev–Trinajstić information content (AvgIpc) is 2.99. The lowest BCUT2D eigenvalue weighted by Crippen LogP contribution is -2.36. The highest BCUT2D eigenvalue weighted by atomic mass is 35.5. The van der Waals surface area contributed by atoms with Gasteiger partial charge in [-0.05, 0) is 25.0 Å². The standard InChI is InChI=1S/C16H18ClN3OS/c17-12-8-4-5-9-13(12)19-16-20-14(10-22-16)15(21)18-11-6-2-1-3-7-11/h4-5,8-11H,1-3,6-7H2,(H,18,21)(H,19,20). The molecule has 0 aliphatic heterocycles. The van der Waals surface area contributed by atoms with Gasteiger partial charge in [0.25, 0.3) is 5.91 Å². The summed E-state index contributed by atoms with van der Waals surface area (Å²) in [5.74, 6) is -0.0876. The smallest absolute Gasteiger partial charge is 0.271 e. The van der Waals surface area contributed by atoms with Crippen LogP contribution in [0.1, 0.15) is 42.6 Å². The van der Waals surface area contributed by atoms with Gasteiger partial charge in [0.1, 0.15) is 5.69 Å². The minimum Gasteiger partial charge on any atom is -0.348 e. The van der Waals surface area contributed by atoms with E-state index in [1.165, 1.54) is 30.6 Å². The van der Waals surface area contributed by atoms with Crippen LogP contribution in [-0.2, 0) is 0 Å². The number of rotatable bonds is 4. The summed E-state index contributed by atoms with van der Waals surface area (Å²) in [4.78, 5) is 16.6. The molecule has 0 saturated heterocycles. The van der Waals surface area contributed by atoms with Crippen molar-refractivity contribution in [1.82, 2.24) is 10.3 Å². The normalized spacial score (nSPS) is 15.5. The third kappa shape index (κ3) is 3.78. The summed E-state index contributed by atoms with van der Waals surface area (Å²) in [5.41, 5.74) is 1.25. The Morgan fingerprint density at radius 3 is 2.77 bits per heavy atom. The quantitative estimate of drug-likeness (QED) is 0.858. The van der Waals surface area contributed by atoms with Gasteiger partial charge in [0, 0.05) is 11.4 Å². The molecule has 4 nitrogen and oxygen atoms in total. The van der Waals surface area contributed by atoms with Crippen LogP contribution in [-0.4, -0.2) is 16.9 Å². The summed E-state index contributed by atoms with van der Waals surface area (Å²) in [6.45, 7) is 0. The lowest BCUT2D eigenvalue weighted by atomic mass is 9.95. The fourth-order valence-corrected chi connectivity index (χ4v) is 3.51. The Bertz CT molecular complexity index is 652. The van der Waals surface area contributed by atoms with Crippen molar-refractivity contribution >= 4 is 39.7 Å². The first-order valence-electron chi connectivity index (χ1n) is 7.50. The number of hydrogen-bond acceptors (Lipinski definition) is 4. The molecule has 1 aliphatic rings. The fraction of sp³-hybridized carbons (Fsp3) is 0.375. The van der Waals surface area contributed by atoms with Gasteiger partial charge in [-0.25, -0.2) is 4.98 Å². The van der Waals surface area contributed by atoms with E-state index in [4.69, 9.17) is 11.6 Å². The second-order valence-electron chi connectivity index (χ2n) is 5.45. The summed E-state index contributed by atoms with van der Waals surface area (Å²) < 4.78 is 0. The van der Waals surface area contributed by atoms with Crippen LogP contribution in [0.2, 0.25) is 5.02 Å². The van der Waals surface area contributed by atoms with E-state index in [0.717, 1.165) is 18.5 Å². The van der Waals surface area contributed by atoms with Crippen LogP contribution >= 0.6 is 22.9 Å². The molecule has 2 N–H and O–H groups in total. The molecule has 116 valence electrons. The van der Waals surface area contributed by atoms with Gasteiger partial charge in [-0.15, -0.1) is 11.3 Å². The summed E-state index contributed by atoms with van der Waals surface area (Å²) in [6, 6.07) is 7.76. The Labute approximate surface area is 138 Å². The zero-order chi connectivity index (χ0) is 15.4. The van der Waals surface area contributed by atoms with Crippen molar-refractivity contribution in [2.45, 2.75) is 38.1 Å². The Morgan fingerprint density at radius 1 is 1.23 bits per heavy atom. The molecule has 3 rings (SSSR count). The Morgan fingerprint density at radius 2 is 2.00 bits per heavy atom. The van der Waals surface area contributed by atoms with Crippen LogP contribution < -0.4 is 10.6 Å². The van der Waals surface area contributed by atoms with Gasteiger partial charge in [-0.3, -0.25) is 4.79 Å². The first kappa shape index (κ1) is 15.3. The second kappa shape index (κ2) is 7.11. The predicted molar refractivity (Wildman–Crippen MR) is 91.2 cm³/mol. The molecule has 0 bridgehead atoms. The molecule has 22 heavy (non-hydrogen) atoms. The molecule has 1 aliphatic carbocycles. The molecular formula is C16H18ClN3OS. The molecule has 1 fully saturated rings. The lowest BCUT2D eigenvalue weighted by molar-refractivity contribution is 0.0923. The van der Waals surface area contributed by atoms with E-state index in [0.29, 0.717) is 21.9 Å². The van der Waals surface area contributed by atoms with Crippen molar-refractivity contribution in [2.24, 2.45) is 0 Å². The number of amides is 1. The summed E-state index contributed by atoms with van der Waals surface area (Å²) >= 11 is 7.51. The maximum absolute atomic E-state index is 12.2. The molecule has 0 spiro atoms. The number of halogens is 1. The molecule has 0 unspecified atom stereocenters. The predicted octanol–water partition coefficient (Wildman–Crippen LogP) is 4.60. The van der Waals surface area contributed by atoms with Crippen LogP contribution in [0.15, 0.2) is 29.6 Å². The van der Waals surface area contributed by atoms with E-state index in [1.807, 2.05) is 24.3 Å². The number of carbonyl (C=O) groups is 1. The maximum atomic E-state index is 12.2. The van der Waals surface area contributed by atoms with E-state index in [2.05, 4.69) is 15.6 Å². The molecule has 1 aromatic heterocycles. The van der Waals surface area contributed by atoms with Crippen molar-refractivity contribution in [2.75, 3.05) is 5.32 Å². The van der Waals surface area contributed by atoms with Crippen LogP contribution in [0.3, 0.4) is 0 Å². The van der Waals surface area contributed by atoms with Gasteiger partial charge in [0.05, 0.1) is 10.7 Å². The summed E-state index contributed by atoms with van der Waals surface area (Å²) in [6.07, 6.45) is 5.80. The number of nitrogens with zero attached hydrogens (tertiary/aromatic N) is 1. The molecule has 1 aromatic carbocycles. The van der Waals surface area contributed by atoms with Crippen LogP contribution in [0.25, 0.3) is 0 Å². The lowest BCUT2D eigenvalue weighted by Gasteiger charge is -2.22. The van der Waals surface area contributed by atoms with Crippen LogP contribution in [0.5, 0.6) is 0 Å². The van der Waals surface area contributed by atoms with E-state index < -0.39 is 0 Å². The zero-order valence-electron chi connectivity index (χ0n) is 12.1. The van der Waals surface area contributed by atoms with Gasteiger partial charge < -0.3 is 10.6 Å². The third-order valence-corrected chi connectivity index (χ3v) is 4.88. The zero-order valence-corrected chi connectivity index (χ0v) is 13.7. The number of thiazole rings is 1. The van der Waals surface area contributed by atoms with E-state index in [9.17, 15) is 4.79 Å². The van der Waals surface area contributed by atoms with Gasteiger partial charge in [0.2, 0.25) is 0 Å². The third-order valence-electron chi connectivity index (χ3n) is 3.79. The van der Waals surface area contributed by atoms with Crippen LogP contribution in [0, 0.1) is 0 Å². The maximum Gasteiger partial charge on any atom is 0.271 e. The highest BCUT2D eigenvalue weighted by molar-refractivity contribution is 7.14. The van der Waals surface area contributed by atoms with Crippen molar-refractivity contribution in [1.29, 1.82) is 0 Å². The topological polar surface area (TPSA) is 54.0 Å². The summed E-state index contributed by atoms with van der Waals surface area (Å²) in [5, 5.41) is 9.30. The number of aromatic nitrogens is 1. The van der Waals surface area contributed by atoms with Crippen molar-refractivity contribution in [3.8, 4) is 0 Å². The molecule has 1 heterocycles. The molecule has 1 amide bonds. The van der Waals surface area contributed by atoms with Crippen LogP contribution in [0.4, 0.5) is 10.8 Å². The molecule has 1 saturated carbocycles. The largest absolute Gasteiger partial charge is 0.348 e.